The van der Waals surface area contributed by atoms with E-state index in [4.69, 9.17) is 9.84 Å². The normalized spacial score (nSPS) is 12.4. The second-order valence-corrected chi connectivity index (χ2v) is 12.1. The number of nitrogens with one attached hydrogen (secondary N) is 1. The van der Waals surface area contributed by atoms with Crippen molar-refractivity contribution in [1.29, 1.82) is 0 Å². The van der Waals surface area contributed by atoms with Crippen LogP contribution in [0.4, 0.5) is 0 Å². The van der Waals surface area contributed by atoms with Gasteiger partial charge in [-0.1, -0.05) is 121 Å². The summed E-state index contributed by atoms with van der Waals surface area (Å²) in [6.45, 7) is 4.14. The summed E-state index contributed by atoms with van der Waals surface area (Å²) >= 11 is 0. The second-order valence-electron chi connectivity index (χ2n) is 12.1. The molecule has 2 N–H and O–H groups in total. The number of hydrogen-bond acceptors (Lipinski definition) is 4. The number of esters is 1. The molecular formula is C38H67NO5. The van der Waals surface area contributed by atoms with Crippen LogP contribution in [0.5, 0.6) is 0 Å². The van der Waals surface area contributed by atoms with Crippen LogP contribution in [-0.4, -0.2) is 35.6 Å². The van der Waals surface area contributed by atoms with E-state index in [1.807, 2.05) is 6.08 Å². The van der Waals surface area contributed by atoms with Crippen molar-refractivity contribution in [2.24, 2.45) is 0 Å². The minimum Gasteiger partial charge on any atom is -0.480 e. The molecule has 0 aromatic rings. The van der Waals surface area contributed by atoms with Gasteiger partial charge in [0.05, 0.1) is 0 Å². The average Bonchev–Trinajstić information content (AvgIpc) is 3.00. The molecule has 0 aliphatic heterocycles. The Balaban J connectivity index is 4.19. The van der Waals surface area contributed by atoms with Crippen molar-refractivity contribution in [3.05, 3.63) is 36.5 Å². The van der Waals surface area contributed by atoms with Gasteiger partial charge in [0.2, 0.25) is 5.91 Å². The molecule has 6 heteroatoms. The number of ether oxygens (including phenoxy) is 1. The smallest absolute Gasteiger partial charge is 0.322 e. The number of aliphatic carboxylic acids is 1. The second kappa shape index (κ2) is 33.5. The summed E-state index contributed by atoms with van der Waals surface area (Å²) in [5, 5.41) is 11.0. The van der Waals surface area contributed by atoms with E-state index in [1.54, 1.807) is 0 Å². The Kier molecular flexibility index (Phi) is 31.7. The number of amides is 1. The molecular weight excluding hydrogens is 550 g/mol. The van der Waals surface area contributed by atoms with Crippen molar-refractivity contribution in [2.75, 3.05) is 6.54 Å². The lowest BCUT2D eigenvalue weighted by molar-refractivity contribution is -0.147. The summed E-state index contributed by atoms with van der Waals surface area (Å²) in [7, 11) is 0. The third-order valence-corrected chi connectivity index (χ3v) is 7.77. The van der Waals surface area contributed by atoms with Crippen molar-refractivity contribution in [3.8, 4) is 0 Å². The topological polar surface area (TPSA) is 92.7 Å². The standard InChI is InChI=1S/C38H67NO5/c1-3-5-7-9-11-13-14-15-16-17-18-19-21-23-29-33-38(43)44-35(30-26-22-20-12-10-8-6-4-2)31-27-24-25-28-32-36(40)39-34-37(41)42/h12,15-16,20,26,30,35H,3-11,13-14,17-19,21-25,27-29,31-34H2,1-2H3,(H,39,40)(H,41,42)/b16-15-,20-12-,30-26-. The molecule has 0 saturated carbocycles. The molecule has 0 bridgehead atoms. The molecule has 1 amide bonds. The number of allylic oxidation sites excluding steroid dienone is 5. The van der Waals surface area contributed by atoms with Crippen molar-refractivity contribution >= 4 is 17.8 Å². The van der Waals surface area contributed by atoms with Gasteiger partial charge >= 0.3 is 11.9 Å². The Morgan fingerprint density at radius 3 is 1.75 bits per heavy atom. The molecule has 0 fully saturated rings. The van der Waals surface area contributed by atoms with E-state index in [-0.39, 0.29) is 24.5 Å². The van der Waals surface area contributed by atoms with E-state index in [0.29, 0.717) is 12.8 Å². The van der Waals surface area contributed by atoms with E-state index in [2.05, 4.69) is 49.5 Å². The Bertz CT molecular complexity index is 773. The number of rotatable bonds is 32. The molecule has 254 valence electrons. The highest BCUT2D eigenvalue weighted by atomic mass is 16.5. The van der Waals surface area contributed by atoms with Gasteiger partial charge in [0, 0.05) is 12.8 Å². The summed E-state index contributed by atoms with van der Waals surface area (Å²) in [5.41, 5.74) is 0. The predicted molar refractivity (Wildman–Crippen MR) is 185 cm³/mol. The zero-order valence-corrected chi connectivity index (χ0v) is 28.5. The predicted octanol–water partition coefficient (Wildman–Crippen LogP) is 10.6. The largest absolute Gasteiger partial charge is 0.480 e. The number of hydrogen-bond donors (Lipinski definition) is 2. The fourth-order valence-corrected chi connectivity index (χ4v) is 5.04. The highest BCUT2D eigenvalue weighted by molar-refractivity contribution is 5.80. The summed E-state index contributed by atoms with van der Waals surface area (Å²) in [6, 6.07) is 0. The maximum absolute atomic E-state index is 12.6. The van der Waals surface area contributed by atoms with Crippen LogP contribution < -0.4 is 5.32 Å². The van der Waals surface area contributed by atoms with Gasteiger partial charge in [-0.25, -0.2) is 0 Å². The molecule has 0 aliphatic rings. The van der Waals surface area contributed by atoms with Gasteiger partial charge in [-0.15, -0.1) is 0 Å². The zero-order valence-electron chi connectivity index (χ0n) is 28.5. The van der Waals surface area contributed by atoms with Crippen LogP contribution in [0, 0.1) is 0 Å². The highest BCUT2D eigenvalue weighted by Gasteiger charge is 2.11. The van der Waals surface area contributed by atoms with Crippen LogP contribution in [0.2, 0.25) is 0 Å². The Labute approximate surface area is 270 Å². The van der Waals surface area contributed by atoms with Crippen LogP contribution in [0.25, 0.3) is 0 Å². The first-order chi connectivity index (χ1) is 21.5. The number of carboxylic acid groups (broad SMARTS) is 1. The Hall–Kier alpha value is -2.37. The first-order valence-corrected chi connectivity index (χ1v) is 18.1. The first-order valence-electron chi connectivity index (χ1n) is 18.1. The fourth-order valence-electron chi connectivity index (χ4n) is 5.04. The number of carbonyl (C=O) groups is 3. The van der Waals surface area contributed by atoms with Crippen molar-refractivity contribution in [3.63, 3.8) is 0 Å². The van der Waals surface area contributed by atoms with Crippen molar-refractivity contribution in [2.45, 2.75) is 180 Å². The van der Waals surface area contributed by atoms with Crippen LogP contribution in [0.15, 0.2) is 36.5 Å². The van der Waals surface area contributed by atoms with E-state index >= 15 is 0 Å². The third kappa shape index (κ3) is 32.5. The van der Waals surface area contributed by atoms with Gasteiger partial charge in [0.1, 0.15) is 12.6 Å². The van der Waals surface area contributed by atoms with Gasteiger partial charge in [0.15, 0.2) is 0 Å². The van der Waals surface area contributed by atoms with Crippen LogP contribution in [0.1, 0.15) is 174 Å². The van der Waals surface area contributed by atoms with Gasteiger partial charge in [-0.05, 0) is 76.7 Å². The average molecular weight is 618 g/mol. The highest BCUT2D eigenvalue weighted by Crippen LogP contribution is 2.14. The SMILES string of the molecule is CCCCC/C=C\C/C=C\C(CCCCCCC(=O)NCC(=O)O)OC(=O)CCCCCCC/C=C\CCCCCCCC. The molecule has 1 atom stereocenters. The third-order valence-electron chi connectivity index (χ3n) is 7.77. The fraction of sp³-hybridized carbons (Fsp3) is 0.763. The molecule has 0 heterocycles. The molecule has 1 unspecified atom stereocenters. The van der Waals surface area contributed by atoms with Crippen LogP contribution in [0.3, 0.4) is 0 Å². The zero-order chi connectivity index (χ0) is 32.4. The monoisotopic (exact) mass is 618 g/mol. The molecule has 44 heavy (non-hydrogen) atoms. The molecule has 0 rings (SSSR count). The maximum Gasteiger partial charge on any atom is 0.322 e. The maximum atomic E-state index is 12.6. The van der Waals surface area contributed by atoms with Crippen LogP contribution in [-0.2, 0) is 19.1 Å². The van der Waals surface area contributed by atoms with Crippen molar-refractivity contribution in [1.82, 2.24) is 5.32 Å². The minimum atomic E-state index is -1.03. The molecule has 0 saturated heterocycles. The minimum absolute atomic E-state index is 0.109. The quantitative estimate of drug-likeness (QED) is 0.0445. The van der Waals surface area contributed by atoms with Crippen molar-refractivity contribution < 1.29 is 24.2 Å². The summed E-state index contributed by atoms with van der Waals surface area (Å²) in [4.78, 5) is 34.8. The van der Waals surface area contributed by atoms with Gasteiger partial charge < -0.3 is 15.2 Å². The number of carbonyl (C=O) groups excluding carboxylic acids is 2. The molecule has 0 aromatic carbocycles. The molecule has 6 nitrogen and oxygen atoms in total. The summed E-state index contributed by atoms with van der Waals surface area (Å²) < 4.78 is 5.85. The molecule has 0 spiro atoms. The van der Waals surface area contributed by atoms with Gasteiger partial charge in [-0.2, -0.15) is 0 Å². The molecule has 0 radical (unpaired) electrons. The van der Waals surface area contributed by atoms with E-state index in [0.717, 1.165) is 64.2 Å². The Morgan fingerprint density at radius 2 is 1.11 bits per heavy atom. The van der Waals surface area contributed by atoms with Crippen LogP contribution >= 0.6 is 0 Å². The first kappa shape index (κ1) is 41.6. The van der Waals surface area contributed by atoms with Gasteiger partial charge in [0.25, 0.3) is 0 Å². The lowest BCUT2D eigenvalue weighted by atomic mass is 10.1. The molecule has 0 aromatic heterocycles. The lowest BCUT2D eigenvalue weighted by Gasteiger charge is -2.14. The lowest BCUT2D eigenvalue weighted by Crippen LogP contribution is -2.28. The van der Waals surface area contributed by atoms with E-state index < -0.39 is 5.97 Å². The van der Waals surface area contributed by atoms with Gasteiger partial charge in [-0.3, -0.25) is 14.4 Å². The van der Waals surface area contributed by atoms with E-state index in [1.165, 1.54) is 83.5 Å². The van der Waals surface area contributed by atoms with E-state index in [9.17, 15) is 14.4 Å². The Morgan fingerprint density at radius 1 is 0.614 bits per heavy atom. The number of unbranched alkanes of at least 4 members (excludes halogenated alkanes) is 17. The summed E-state index contributed by atoms with van der Waals surface area (Å²) in [6.07, 6.45) is 39.9. The number of carboxylic acids is 1. The summed E-state index contributed by atoms with van der Waals surface area (Å²) in [5.74, 6) is -1.36. The molecule has 0 aliphatic carbocycles.